The van der Waals surface area contributed by atoms with Gasteiger partial charge in [-0.05, 0) is 29.1 Å². The number of benzene rings is 2. The maximum Gasteiger partial charge on any atom is 0.259 e. The maximum atomic E-state index is 12.1. The number of methoxy groups -OCH3 is 2. The summed E-state index contributed by atoms with van der Waals surface area (Å²) < 4.78 is 18.0. The molecule has 3 aromatic rings. The molecule has 0 aliphatic carbocycles. The number of rotatable bonds is 7. The van der Waals surface area contributed by atoms with E-state index >= 15 is 0 Å². The number of nitrogens with zero attached hydrogens (tertiary/aromatic N) is 1. The number of fused-ring (bicyclic) bond motifs is 1. The second-order valence-corrected chi connectivity index (χ2v) is 8.43. The van der Waals surface area contributed by atoms with Crippen molar-refractivity contribution < 1.29 is 19.0 Å². The molecule has 7 heteroatoms. The zero-order valence-electron chi connectivity index (χ0n) is 17.2. The molecule has 4 rings (SSSR count). The number of carbonyl (C=O) groups is 1. The van der Waals surface area contributed by atoms with Crippen molar-refractivity contribution >= 4 is 27.3 Å². The van der Waals surface area contributed by atoms with Crippen molar-refractivity contribution in [3.05, 3.63) is 64.0 Å². The number of ether oxygens (including phenoxy) is 3. The summed E-state index contributed by atoms with van der Waals surface area (Å²) >= 11 is 1.44. The van der Waals surface area contributed by atoms with E-state index in [4.69, 9.17) is 19.9 Å². The van der Waals surface area contributed by atoms with Crippen molar-refractivity contribution in [3.8, 4) is 5.75 Å². The van der Waals surface area contributed by atoms with Crippen molar-refractivity contribution in [1.29, 1.82) is 0 Å². The van der Waals surface area contributed by atoms with Crippen LogP contribution in [0.3, 0.4) is 0 Å². The third-order valence-electron chi connectivity index (χ3n) is 5.38. The third-order valence-corrected chi connectivity index (χ3v) is 6.58. The molecule has 2 N–H and O–H groups in total. The average Bonchev–Trinajstić information content (AvgIpc) is 3.14. The molecular weight excluding hydrogens is 400 g/mol. The summed E-state index contributed by atoms with van der Waals surface area (Å²) in [5.74, 6) is 0.456. The normalized spacial score (nSPS) is 17.3. The second-order valence-electron chi connectivity index (χ2n) is 7.38. The molecule has 6 nitrogen and oxygen atoms in total. The third kappa shape index (κ3) is 4.20. The first-order valence-electron chi connectivity index (χ1n) is 9.90. The van der Waals surface area contributed by atoms with Gasteiger partial charge in [0.1, 0.15) is 5.75 Å². The Morgan fingerprint density at radius 2 is 2.10 bits per heavy atom. The quantitative estimate of drug-likeness (QED) is 0.623. The minimum Gasteiger partial charge on any atom is -0.496 e. The number of hydrogen-bond acceptors (Lipinski definition) is 6. The summed E-state index contributed by atoms with van der Waals surface area (Å²) in [4.78, 5) is 15.0. The summed E-state index contributed by atoms with van der Waals surface area (Å²) in [7, 11) is 3.38. The fraction of sp³-hybridized carbons (Fsp3) is 0.348. The molecule has 1 fully saturated rings. The van der Waals surface area contributed by atoms with Gasteiger partial charge in [0.2, 0.25) is 0 Å². The molecule has 1 amide bonds. The van der Waals surface area contributed by atoms with E-state index in [0.29, 0.717) is 24.6 Å². The Morgan fingerprint density at radius 1 is 1.27 bits per heavy atom. The van der Waals surface area contributed by atoms with Crippen molar-refractivity contribution in [2.24, 2.45) is 5.73 Å². The number of amides is 1. The minimum absolute atomic E-state index is 0.203. The van der Waals surface area contributed by atoms with Gasteiger partial charge in [-0.3, -0.25) is 9.69 Å². The Hall–Kier alpha value is -2.45. The van der Waals surface area contributed by atoms with Gasteiger partial charge in [-0.2, -0.15) is 0 Å². The van der Waals surface area contributed by atoms with Gasteiger partial charge in [0.25, 0.3) is 5.91 Å². The summed E-state index contributed by atoms with van der Waals surface area (Å²) in [5.41, 5.74) is 8.83. The van der Waals surface area contributed by atoms with E-state index in [1.54, 1.807) is 14.2 Å². The summed E-state index contributed by atoms with van der Waals surface area (Å²) in [5, 5.41) is 1.04. The summed E-state index contributed by atoms with van der Waals surface area (Å²) in [6.45, 7) is 3.37. The van der Waals surface area contributed by atoms with Crippen LogP contribution in [0.15, 0.2) is 42.5 Å². The monoisotopic (exact) mass is 426 g/mol. The van der Waals surface area contributed by atoms with Gasteiger partial charge in [0.05, 0.1) is 31.3 Å². The Morgan fingerprint density at radius 3 is 2.87 bits per heavy atom. The van der Waals surface area contributed by atoms with E-state index in [2.05, 4.69) is 11.0 Å². The standard InChI is InChI=1S/C23H26N2O4S/c1-27-14-15-7-8-18(28-2)16(11-15)12-25-9-10-29-19(13-25)21-17-5-3-4-6-20(17)30-22(21)23(24)26/h3-8,11,19H,9-10,12-14H2,1-2H3,(H2,24,26)/t19-/m0/s1. The second kappa shape index (κ2) is 9.14. The average molecular weight is 427 g/mol. The molecule has 1 aromatic heterocycles. The van der Waals surface area contributed by atoms with Crippen molar-refractivity contribution in [2.45, 2.75) is 19.3 Å². The molecule has 30 heavy (non-hydrogen) atoms. The highest BCUT2D eigenvalue weighted by molar-refractivity contribution is 7.21. The van der Waals surface area contributed by atoms with Crippen LogP contribution >= 0.6 is 11.3 Å². The zero-order valence-corrected chi connectivity index (χ0v) is 18.0. The number of thiophene rings is 1. The lowest BCUT2D eigenvalue weighted by Crippen LogP contribution is -2.38. The van der Waals surface area contributed by atoms with Crippen LogP contribution in [0.1, 0.15) is 32.5 Å². The molecule has 0 saturated carbocycles. The Bertz CT molecular complexity index is 1050. The predicted octanol–water partition coefficient (Wildman–Crippen LogP) is 3.73. The number of morpholine rings is 1. The topological polar surface area (TPSA) is 74.0 Å². The van der Waals surface area contributed by atoms with Crippen LogP contribution in [-0.4, -0.2) is 44.7 Å². The van der Waals surface area contributed by atoms with Crippen LogP contribution < -0.4 is 10.5 Å². The van der Waals surface area contributed by atoms with E-state index in [1.165, 1.54) is 11.3 Å². The highest BCUT2D eigenvalue weighted by atomic mass is 32.1. The van der Waals surface area contributed by atoms with Crippen LogP contribution in [0.2, 0.25) is 0 Å². The first kappa shape index (κ1) is 20.8. The van der Waals surface area contributed by atoms with Gasteiger partial charge in [-0.15, -0.1) is 11.3 Å². The van der Waals surface area contributed by atoms with E-state index in [1.807, 2.05) is 36.4 Å². The largest absolute Gasteiger partial charge is 0.496 e. The lowest BCUT2D eigenvalue weighted by molar-refractivity contribution is -0.0324. The molecule has 0 unspecified atom stereocenters. The van der Waals surface area contributed by atoms with Gasteiger partial charge >= 0.3 is 0 Å². The number of primary amides is 1. The Labute approximate surface area is 180 Å². The van der Waals surface area contributed by atoms with Gasteiger partial charge in [0, 0.05) is 42.6 Å². The smallest absolute Gasteiger partial charge is 0.259 e. The first-order valence-corrected chi connectivity index (χ1v) is 10.7. The van der Waals surface area contributed by atoms with Crippen LogP contribution in [0.25, 0.3) is 10.1 Å². The Kier molecular flexibility index (Phi) is 6.34. The van der Waals surface area contributed by atoms with Crippen LogP contribution in [0, 0.1) is 0 Å². The van der Waals surface area contributed by atoms with Crippen LogP contribution in [-0.2, 0) is 22.6 Å². The molecule has 2 heterocycles. The molecule has 2 aromatic carbocycles. The number of hydrogen-bond donors (Lipinski definition) is 1. The van der Waals surface area contributed by atoms with E-state index < -0.39 is 5.91 Å². The van der Waals surface area contributed by atoms with Crippen molar-refractivity contribution in [2.75, 3.05) is 33.9 Å². The van der Waals surface area contributed by atoms with E-state index in [9.17, 15) is 4.79 Å². The lowest BCUT2D eigenvalue weighted by atomic mass is 10.0. The molecule has 1 saturated heterocycles. The summed E-state index contributed by atoms with van der Waals surface area (Å²) in [6.07, 6.45) is -0.203. The van der Waals surface area contributed by atoms with E-state index in [-0.39, 0.29) is 6.10 Å². The lowest BCUT2D eigenvalue weighted by Gasteiger charge is -2.33. The summed E-state index contributed by atoms with van der Waals surface area (Å²) in [6, 6.07) is 14.1. The molecule has 1 atom stereocenters. The minimum atomic E-state index is -0.402. The van der Waals surface area contributed by atoms with Crippen molar-refractivity contribution in [3.63, 3.8) is 0 Å². The van der Waals surface area contributed by atoms with E-state index in [0.717, 1.165) is 45.6 Å². The molecule has 0 bridgehead atoms. The van der Waals surface area contributed by atoms with Crippen LogP contribution in [0.5, 0.6) is 5.75 Å². The van der Waals surface area contributed by atoms with Gasteiger partial charge in [0.15, 0.2) is 0 Å². The highest BCUT2D eigenvalue weighted by Crippen LogP contribution is 2.38. The molecule has 1 aliphatic rings. The number of carbonyl (C=O) groups excluding carboxylic acids is 1. The van der Waals surface area contributed by atoms with Gasteiger partial charge in [-0.25, -0.2) is 0 Å². The molecule has 1 aliphatic heterocycles. The van der Waals surface area contributed by atoms with Gasteiger partial charge < -0.3 is 19.9 Å². The molecule has 0 radical (unpaired) electrons. The molecule has 158 valence electrons. The zero-order chi connectivity index (χ0) is 21.1. The fourth-order valence-electron chi connectivity index (χ4n) is 4.04. The SMILES string of the molecule is COCc1ccc(OC)c(CN2CCO[C@H](c3c(C(N)=O)sc4ccccc34)C2)c1. The Balaban J connectivity index is 1.61. The first-order chi connectivity index (χ1) is 14.6. The fourth-order valence-corrected chi connectivity index (χ4v) is 5.15. The predicted molar refractivity (Wildman–Crippen MR) is 118 cm³/mol. The highest BCUT2D eigenvalue weighted by Gasteiger charge is 2.29. The van der Waals surface area contributed by atoms with Crippen LogP contribution in [0.4, 0.5) is 0 Å². The maximum absolute atomic E-state index is 12.1. The van der Waals surface area contributed by atoms with Crippen molar-refractivity contribution in [1.82, 2.24) is 4.90 Å². The van der Waals surface area contributed by atoms with Gasteiger partial charge in [-0.1, -0.05) is 24.3 Å². The number of nitrogens with two attached hydrogens (primary N) is 1. The molecule has 0 spiro atoms. The molecular formula is C23H26N2O4S.